The lowest BCUT2D eigenvalue weighted by molar-refractivity contribution is -0.297. The molecule has 242 valence electrons. The third kappa shape index (κ3) is 8.91. The summed E-state index contributed by atoms with van der Waals surface area (Å²) in [5.41, 5.74) is 0.910. The van der Waals surface area contributed by atoms with Crippen molar-refractivity contribution < 1.29 is 47.6 Å². The molecule has 1 aliphatic rings. The SMILES string of the molecule is O=C(OCC1OC(OCCBr)C(OC(=O)c2ccccc2)C(OC(=O)c2ccccc2)C1OC(=O)c1ccccc1)c1ccccc1. The number of ether oxygens (including phenoxy) is 6. The van der Waals surface area contributed by atoms with E-state index in [1.807, 2.05) is 0 Å². The van der Waals surface area contributed by atoms with Crippen LogP contribution in [0.1, 0.15) is 41.4 Å². The molecule has 0 spiro atoms. The average Bonchev–Trinajstić information content (AvgIpc) is 3.13. The van der Waals surface area contributed by atoms with E-state index in [0.29, 0.717) is 5.33 Å². The van der Waals surface area contributed by atoms with E-state index >= 15 is 0 Å². The van der Waals surface area contributed by atoms with Crippen LogP contribution in [0.4, 0.5) is 0 Å². The van der Waals surface area contributed by atoms with Gasteiger partial charge in [0, 0.05) is 5.33 Å². The summed E-state index contributed by atoms with van der Waals surface area (Å²) in [7, 11) is 0. The van der Waals surface area contributed by atoms with Crippen molar-refractivity contribution in [1.82, 2.24) is 0 Å². The van der Waals surface area contributed by atoms with Gasteiger partial charge in [-0.25, -0.2) is 19.2 Å². The Kier molecular flexibility index (Phi) is 11.9. The van der Waals surface area contributed by atoms with E-state index in [2.05, 4.69) is 15.9 Å². The van der Waals surface area contributed by atoms with E-state index in [1.165, 1.54) is 0 Å². The minimum atomic E-state index is -1.46. The molecule has 10 nitrogen and oxygen atoms in total. The maximum Gasteiger partial charge on any atom is 0.338 e. The van der Waals surface area contributed by atoms with Crippen LogP contribution in [0.2, 0.25) is 0 Å². The summed E-state index contributed by atoms with van der Waals surface area (Å²) < 4.78 is 35.6. The van der Waals surface area contributed by atoms with Crippen molar-refractivity contribution in [1.29, 1.82) is 0 Å². The fourth-order valence-electron chi connectivity index (χ4n) is 4.82. The van der Waals surface area contributed by atoms with Gasteiger partial charge in [-0.15, -0.1) is 0 Å². The summed E-state index contributed by atoms with van der Waals surface area (Å²) in [6.07, 6.45) is -6.82. The molecule has 0 radical (unpaired) electrons. The van der Waals surface area contributed by atoms with Crippen LogP contribution in [0.5, 0.6) is 0 Å². The van der Waals surface area contributed by atoms with Gasteiger partial charge in [-0.3, -0.25) is 0 Å². The Morgan fingerprint density at radius 2 is 0.915 bits per heavy atom. The Bertz CT molecular complexity index is 1620. The minimum Gasteiger partial charge on any atom is -0.459 e. The Labute approximate surface area is 279 Å². The topological polar surface area (TPSA) is 124 Å². The molecule has 0 bridgehead atoms. The molecule has 1 saturated heterocycles. The number of carbonyl (C=O) groups excluding carboxylic acids is 4. The van der Waals surface area contributed by atoms with Crippen molar-refractivity contribution in [2.24, 2.45) is 0 Å². The van der Waals surface area contributed by atoms with Gasteiger partial charge in [-0.05, 0) is 48.5 Å². The van der Waals surface area contributed by atoms with E-state index in [9.17, 15) is 19.2 Å². The van der Waals surface area contributed by atoms with Crippen LogP contribution in [0.25, 0.3) is 0 Å². The van der Waals surface area contributed by atoms with E-state index in [4.69, 9.17) is 28.4 Å². The highest BCUT2D eigenvalue weighted by Crippen LogP contribution is 2.32. The van der Waals surface area contributed by atoms with Gasteiger partial charge in [0.15, 0.2) is 24.6 Å². The van der Waals surface area contributed by atoms with Crippen LogP contribution in [0.3, 0.4) is 0 Å². The molecule has 1 aliphatic heterocycles. The van der Waals surface area contributed by atoms with Gasteiger partial charge < -0.3 is 28.4 Å². The molecular weight excluding hydrogens is 672 g/mol. The molecule has 4 aromatic rings. The molecule has 5 unspecified atom stereocenters. The van der Waals surface area contributed by atoms with Crippen LogP contribution in [-0.4, -0.2) is 73.1 Å². The van der Waals surface area contributed by atoms with E-state index in [0.717, 1.165) is 0 Å². The first-order chi connectivity index (χ1) is 22.9. The molecule has 1 fully saturated rings. The van der Waals surface area contributed by atoms with Gasteiger partial charge in [-0.2, -0.15) is 0 Å². The molecule has 5 rings (SSSR count). The standard InChI is InChI=1S/C36H31BrO10/c37-21-22-42-36-31(47-35(41)27-19-11-4-12-20-27)30(46-34(40)26-17-9-3-10-18-26)29(45-33(39)25-15-7-2-8-16-25)28(44-36)23-43-32(38)24-13-5-1-6-14-24/h1-20,28-31,36H,21-23H2. The highest BCUT2D eigenvalue weighted by atomic mass is 79.9. The van der Waals surface area contributed by atoms with Gasteiger partial charge in [0.25, 0.3) is 0 Å². The van der Waals surface area contributed by atoms with Gasteiger partial charge in [-0.1, -0.05) is 88.7 Å². The van der Waals surface area contributed by atoms with Crippen molar-refractivity contribution in [3.63, 3.8) is 0 Å². The summed E-state index contributed by atoms with van der Waals surface area (Å²) in [6.45, 7) is -0.318. The fourth-order valence-corrected chi connectivity index (χ4v) is 5.01. The summed E-state index contributed by atoms with van der Waals surface area (Å²) in [6, 6.07) is 32.8. The number of hydrogen-bond acceptors (Lipinski definition) is 10. The van der Waals surface area contributed by atoms with Crippen molar-refractivity contribution in [2.75, 3.05) is 18.5 Å². The van der Waals surface area contributed by atoms with Gasteiger partial charge in [0.05, 0.1) is 28.9 Å². The first-order valence-corrected chi connectivity index (χ1v) is 15.9. The largest absolute Gasteiger partial charge is 0.459 e. The molecule has 0 aromatic heterocycles. The average molecular weight is 704 g/mol. The van der Waals surface area contributed by atoms with Crippen LogP contribution in [-0.2, 0) is 28.4 Å². The molecule has 1 heterocycles. The lowest BCUT2D eigenvalue weighted by Gasteiger charge is -2.44. The number of halogens is 1. The Hall–Kier alpha value is -4.84. The number of rotatable bonds is 12. The Morgan fingerprint density at radius 1 is 0.532 bits per heavy atom. The first-order valence-electron chi connectivity index (χ1n) is 14.8. The number of hydrogen-bond donors (Lipinski definition) is 0. The van der Waals surface area contributed by atoms with Crippen molar-refractivity contribution in [2.45, 2.75) is 30.7 Å². The third-order valence-electron chi connectivity index (χ3n) is 7.10. The minimum absolute atomic E-state index is 0.106. The van der Waals surface area contributed by atoms with Crippen molar-refractivity contribution in [3.05, 3.63) is 144 Å². The van der Waals surface area contributed by atoms with Gasteiger partial charge in [0.2, 0.25) is 0 Å². The molecule has 5 atom stereocenters. The van der Waals surface area contributed by atoms with Crippen LogP contribution in [0, 0.1) is 0 Å². The predicted octanol–water partition coefficient (Wildman–Crippen LogP) is 5.66. The monoisotopic (exact) mass is 702 g/mol. The molecule has 11 heteroatoms. The molecular formula is C36H31BrO10. The third-order valence-corrected chi connectivity index (χ3v) is 7.42. The van der Waals surface area contributed by atoms with E-state index in [1.54, 1.807) is 121 Å². The Morgan fingerprint density at radius 3 is 1.34 bits per heavy atom. The van der Waals surface area contributed by atoms with E-state index in [-0.39, 0.29) is 28.9 Å². The van der Waals surface area contributed by atoms with Crippen molar-refractivity contribution in [3.8, 4) is 0 Å². The smallest absolute Gasteiger partial charge is 0.338 e. The molecule has 4 aromatic carbocycles. The molecule has 0 N–H and O–H groups in total. The summed E-state index contributed by atoms with van der Waals surface area (Å²) in [5, 5.41) is 0.390. The lowest BCUT2D eigenvalue weighted by atomic mass is 9.97. The molecule has 0 saturated carbocycles. The fraction of sp³-hybridized carbons (Fsp3) is 0.222. The summed E-state index contributed by atoms with van der Waals surface area (Å²) >= 11 is 3.32. The second kappa shape index (κ2) is 16.6. The van der Waals surface area contributed by atoms with Crippen LogP contribution < -0.4 is 0 Å². The normalized spacial score (nSPS) is 20.4. The van der Waals surface area contributed by atoms with Crippen LogP contribution >= 0.6 is 15.9 Å². The quantitative estimate of drug-likeness (QED) is 0.104. The first kappa shape index (κ1) is 33.5. The molecule has 47 heavy (non-hydrogen) atoms. The predicted molar refractivity (Wildman–Crippen MR) is 172 cm³/mol. The summed E-state index contributed by atoms with van der Waals surface area (Å²) in [4.78, 5) is 53.3. The van der Waals surface area contributed by atoms with Gasteiger partial charge in [0.1, 0.15) is 12.7 Å². The highest BCUT2D eigenvalue weighted by Gasteiger charge is 2.53. The van der Waals surface area contributed by atoms with Gasteiger partial charge >= 0.3 is 23.9 Å². The zero-order valence-corrected chi connectivity index (χ0v) is 26.6. The number of carbonyl (C=O) groups is 4. The lowest BCUT2D eigenvalue weighted by Crippen LogP contribution is -2.63. The summed E-state index contributed by atoms with van der Waals surface area (Å²) in [5.74, 6) is -2.96. The second-order valence-corrected chi connectivity index (χ2v) is 11.1. The maximum absolute atomic E-state index is 13.5. The zero-order valence-electron chi connectivity index (χ0n) is 25.0. The molecule has 0 amide bonds. The van der Waals surface area contributed by atoms with Crippen molar-refractivity contribution >= 4 is 39.8 Å². The molecule has 0 aliphatic carbocycles. The Balaban J connectivity index is 1.53. The highest BCUT2D eigenvalue weighted by molar-refractivity contribution is 9.09. The number of esters is 4. The number of benzene rings is 4. The van der Waals surface area contributed by atoms with Crippen LogP contribution in [0.15, 0.2) is 121 Å². The zero-order chi connectivity index (χ0) is 33.0. The number of alkyl halides is 1. The second-order valence-electron chi connectivity index (χ2n) is 10.3. The maximum atomic E-state index is 13.5. The van der Waals surface area contributed by atoms with E-state index < -0.39 is 61.2 Å².